The van der Waals surface area contributed by atoms with E-state index in [4.69, 9.17) is 5.73 Å². The normalized spacial score (nSPS) is 10.7. The molecule has 0 unspecified atom stereocenters. The summed E-state index contributed by atoms with van der Waals surface area (Å²) in [6.45, 7) is 6.30. The lowest BCUT2D eigenvalue weighted by Crippen LogP contribution is -2.09. The fraction of sp³-hybridized carbons (Fsp3) is 0.286. The number of hydrogen-bond donors (Lipinski definition) is 2. The number of H-pyrrole nitrogens is 1. The lowest BCUT2D eigenvalue weighted by atomic mass is 10.0. The molecule has 0 spiro atoms. The summed E-state index contributed by atoms with van der Waals surface area (Å²) in [6, 6.07) is 5.61. The molecule has 3 N–H and O–H groups in total. The van der Waals surface area contributed by atoms with Crippen LogP contribution in [-0.4, -0.2) is 9.97 Å². The van der Waals surface area contributed by atoms with Crippen LogP contribution in [0, 0.1) is 20.8 Å². The van der Waals surface area contributed by atoms with Gasteiger partial charge in [0, 0.05) is 11.8 Å². The molecule has 4 nitrogen and oxygen atoms in total. The quantitative estimate of drug-likeness (QED) is 0.667. The van der Waals surface area contributed by atoms with Gasteiger partial charge < -0.3 is 10.7 Å². The summed E-state index contributed by atoms with van der Waals surface area (Å²) in [6.07, 6.45) is 0. The van der Waals surface area contributed by atoms with Crippen LogP contribution in [0.5, 0.6) is 0 Å². The maximum absolute atomic E-state index is 11.3. The van der Waals surface area contributed by atoms with Crippen molar-refractivity contribution in [1.82, 2.24) is 9.97 Å². The van der Waals surface area contributed by atoms with Crippen molar-refractivity contribution in [1.29, 1.82) is 0 Å². The van der Waals surface area contributed by atoms with Crippen LogP contribution in [-0.2, 0) is 5.75 Å². The number of nitrogens with zero attached hydrogens (tertiary/aromatic N) is 1. The first-order valence-corrected chi connectivity index (χ1v) is 7.00. The Kier molecular flexibility index (Phi) is 3.95. The number of aryl methyl sites for hydroxylation is 3. The van der Waals surface area contributed by atoms with Gasteiger partial charge in [-0.25, -0.2) is 4.98 Å². The zero-order valence-electron chi connectivity index (χ0n) is 11.3. The van der Waals surface area contributed by atoms with E-state index in [1.54, 1.807) is 0 Å². The highest BCUT2D eigenvalue weighted by Gasteiger charge is 2.06. The highest BCUT2D eigenvalue weighted by molar-refractivity contribution is 7.98. The Labute approximate surface area is 116 Å². The molecule has 5 heteroatoms. The van der Waals surface area contributed by atoms with Crippen molar-refractivity contribution in [2.75, 3.05) is 5.73 Å². The Balaban J connectivity index is 2.21. The predicted octanol–water partition coefficient (Wildman–Crippen LogP) is 2.57. The molecular formula is C14H17N3OS. The van der Waals surface area contributed by atoms with Gasteiger partial charge in [0.1, 0.15) is 5.82 Å². The molecule has 1 aromatic heterocycles. The highest BCUT2D eigenvalue weighted by atomic mass is 32.2. The van der Waals surface area contributed by atoms with Crippen LogP contribution >= 0.6 is 11.8 Å². The number of benzene rings is 1. The standard InChI is InChI=1S/C14H17N3OS/c1-8-4-9(2)11(10(3)5-8)7-19-14-16-12(15)6-13(18)17-14/h4-6H,7H2,1-3H3,(H3,15,16,17,18). The van der Waals surface area contributed by atoms with Gasteiger partial charge in [-0.2, -0.15) is 0 Å². The minimum atomic E-state index is -0.215. The van der Waals surface area contributed by atoms with E-state index in [9.17, 15) is 4.79 Å². The average Bonchev–Trinajstić information content (AvgIpc) is 2.25. The molecule has 2 aromatic rings. The highest BCUT2D eigenvalue weighted by Crippen LogP contribution is 2.24. The van der Waals surface area contributed by atoms with Crippen LogP contribution in [0.2, 0.25) is 0 Å². The van der Waals surface area contributed by atoms with Crippen LogP contribution in [0.15, 0.2) is 28.2 Å². The molecule has 0 amide bonds. The van der Waals surface area contributed by atoms with Gasteiger partial charge in [-0.15, -0.1) is 0 Å². The van der Waals surface area contributed by atoms with E-state index in [1.807, 2.05) is 0 Å². The third kappa shape index (κ3) is 3.38. The van der Waals surface area contributed by atoms with E-state index in [1.165, 1.54) is 40.1 Å². The number of hydrogen-bond acceptors (Lipinski definition) is 4. The summed E-state index contributed by atoms with van der Waals surface area (Å²) in [7, 11) is 0. The second kappa shape index (κ2) is 5.48. The van der Waals surface area contributed by atoms with Crippen molar-refractivity contribution in [2.24, 2.45) is 0 Å². The van der Waals surface area contributed by atoms with Crippen LogP contribution in [0.3, 0.4) is 0 Å². The van der Waals surface area contributed by atoms with Crippen molar-refractivity contribution in [3.05, 3.63) is 50.8 Å². The number of thioether (sulfide) groups is 1. The Morgan fingerprint density at radius 3 is 2.42 bits per heavy atom. The van der Waals surface area contributed by atoms with Crippen molar-refractivity contribution >= 4 is 17.6 Å². The fourth-order valence-corrected chi connectivity index (χ4v) is 3.18. The van der Waals surface area contributed by atoms with Crippen LogP contribution < -0.4 is 11.3 Å². The molecule has 0 bridgehead atoms. The zero-order valence-corrected chi connectivity index (χ0v) is 12.1. The number of anilines is 1. The lowest BCUT2D eigenvalue weighted by molar-refractivity contribution is 0.944. The van der Waals surface area contributed by atoms with E-state index in [2.05, 4.69) is 42.9 Å². The maximum atomic E-state index is 11.3. The number of aromatic nitrogens is 2. The molecule has 1 heterocycles. The third-order valence-electron chi connectivity index (χ3n) is 2.93. The van der Waals surface area contributed by atoms with E-state index in [0.717, 1.165) is 5.75 Å². The van der Waals surface area contributed by atoms with Gasteiger partial charge in [-0.05, 0) is 37.5 Å². The second-order valence-corrected chi connectivity index (χ2v) is 5.61. The smallest absolute Gasteiger partial charge is 0.253 e. The van der Waals surface area contributed by atoms with Gasteiger partial charge in [0.2, 0.25) is 0 Å². The molecule has 100 valence electrons. The summed E-state index contributed by atoms with van der Waals surface area (Å²) in [5.74, 6) is 1.02. The number of nitrogen functional groups attached to an aromatic ring is 1. The van der Waals surface area contributed by atoms with Gasteiger partial charge in [0.25, 0.3) is 5.56 Å². The number of nitrogens with one attached hydrogen (secondary N) is 1. The van der Waals surface area contributed by atoms with Crippen LogP contribution in [0.1, 0.15) is 22.3 Å². The van der Waals surface area contributed by atoms with Gasteiger partial charge in [-0.3, -0.25) is 4.79 Å². The molecule has 0 fully saturated rings. The molecule has 0 radical (unpaired) electrons. The molecule has 0 saturated heterocycles. The summed E-state index contributed by atoms with van der Waals surface area (Å²) in [5.41, 5.74) is 10.4. The Bertz CT molecular complexity index is 641. The van der Waals surface area contributed by atoms with Gasteiger partial charge in [-0.1, -0.05) is 29.5 Å². The molecule has 0 aliphatic rings. The molecule has 2 rings (SSSR count). The Morgan fingerprint density at radius 1 is 1.21 bits per heavy atom. The zero-order chi connectivity index (χ0) is 14.0. The fourth-order valence-electron chi connectivity index (χ4n) is 2.10. The molecule has 1 aromatic carbocycles. The molecule has 0 aliphatic heterocycles. The lowest BCUT2D eigenvalue weighted by Gasteiger charge is -2.10. The van der Waals surface area contributed by atoms with E-state index in [0.29, 0.717) is 5.16 Å². The first-order valence-electron chi connectivity index (χ1n) is 6.02. The number of nitrogens with two attached hydrogens (primary N) is 1. The summed E-state index contributed by atoms with van der Waals surface area (Å²) in [5, 5.41) is 0.560. The van der Waals surface area contributed by atoms with Gasteiger partial charge in [0.15, 0.2) is 5.16 Å². The van der Waals surface area contributed by atoms with Crippen molar-refractivity contribution in [3.63, 3.8) is 0 Å². The van der Waals surface area contributed by atoms with E-state index >= 15 is 0 Å². The van der Waals surface area contributed by atoms with Crippen molar-refractivity contribution in [2.45, 2.75) is 31.7 Å². The van der Waals surface area contributed by atoms with Crippen molar-refractivity contribution in [3.8, 4) is 0 Å². The van der Waals surface area contributed by atoms with Crippen LogP contribution in [0.4, 0.5) is 5.82 Å². The maximum Gasteiger partial charge on any atom is 0.253 e. The van der Waals surface area contributed by atoms with Crippen LogP contribution in [0.25, 0.3) is 0 Å². The Hall–Kier alpha value is -1.75. The average molecular weight is 275 g/mol. The molecule has 19 heavy (non-hydrogen) atoms. The van der Waals surface area contributed by atoms with Gasteiger partial charge in [0.05, 0.1) is 0 Å². The molecule has 0 saturated carbocycles. The Morgan fingerprint density at radius 2 is 1.84 bits per heavy atom. The molecular weight excluding hydrogens is 258 g/mol. The van der Waals surface area contributed by atoms with E-state index < -0.39 is 0 Å². The van der Waals surface area contributed by atoms with E-state index in [-0.39, 0.29) is 11.4 Å². The summed E-state index contributed by atoms with van der Waals surface area (Å²) < 4.78 is 0. The van der Waals surface area contributed by atoms with Crippen molar-refractivity contribution < 1.29 is 0 Å². The minimum Gasteiger partial charge on any atom is -0.383 e. The number of rotatable bonds is 3. The molecule has 0 aliphatic carbocycles. The topological polar surface area (TPSA) is 71.8 Å². The first kappa shape index (κ1) is 13.7. The first-order chi connectivity index (χ1) is 8.95. The minimum absolute atomic E-state index is 0.215. The number of aromatic amines is 1. The summed E-state index contributed by atoms with van der Waals surface area (Å²) in [4.78, 5) is 18.1. The van der Waals surface area contributed by atoms with Gasteiger partial charge >= 0.3 is 0 Å². The molecule has 0 atom stereocenters. The third-order valence-corrected chi connectivity index (χ3v) is 3.83. The monoisotopic (exact) mass is 275 g/mol. The largest absolute Gasteiger partial charge is 0.383 e. The summed E-state index contributed by atoms with van der Waals surface area (Å²) >= 11 is 1.49. The second-order valence-electron chi connectivity index (χ2n) is 4.64. The predicted molar refractivity (Wildman–Crippen MR) is 79.5 cm³/mol. The SMILES string of the molecule is Cc1cc(C)c(CSc2nc(N)cc(=O)[nH]2)c(C)c1.